The second kappa shape index (κ2) is 8.78. The van der Waals surface area contributed by atoms with Gasteiger partial charge in [0.2, 0.25) is 0 Å². The number of hydrogen-bond donors (Lipinski definition) is 1. The molecular weight excluding hydrogens is 294 g/mol. The SMILES string of the molecule is COc1ccccc1OCCCCOc1ccc(N)cc1OC. The number of benzene rings is 2. The molecule has 0 radical (unpaired) electrons. The molecule has 0 saturated carbocycles. The van der Waals surface area contributed by atoms with Crippen LogP contribution in [0.2, 0.25) is 0 Å². The number of nitrogens with two attached hydrogens (primary N) is 1. The summed E-state index contributed by atoms with van der Waals surface area (Å²) in [6, 6.07) is 13.0. The van der Waals surface area contributed by atoms with E-state index in [1.165, 1.54) is 0 Å². The molecule has 0 aliphatic heterocycles. The minimum atomic E-state index is 0.593. The highest BCUT2D eigenvalue weighted by atomic mass is 16.5. The van der Waals surface area contributed by atoms with Crippen LogP contribution in [0, 0.1) is 0 Å². The Hall–Kier alpha value is -2.56. The number of anilines is 1. The molecule has 0 amide bonds. The van der Waals surface area contributed by atoms with Gasteiger partial charge in [-0.25, -0.2) is 0 Å². The van der Waals surface area contributed by atoms with Crippen molar-refractivity contribution >= 4 is 5.69 Å². The molecule has 5 nitrogen and oxygen atoms in total. The van der Waals surface area contributed by atoms with Crippen LogP contribution in [0.15, 0.2) is 42.5 Å². The normalized spacial score (nSPS) is 10.2. The fourth-order valence-corrected chi connectivity index (χ4v) is 2.11. The highest BCUT2D eigenvalue weighted by molar-refractivity contribution is 5.51. The Morgan fingerprint density at radius 2 is 1.30 bits per heavy atom. The van der Waals surface area contributed by atoms with Crippen LogP contribution < -0.4 is 24.7 Å². The van der Waals surface area contributed by atoms with Gasteiger partial charge in [0.15, 0.2) is 23.0 Å². The highest BCUT2D eigenvalue weighted by Crippen LogP contribution is 2.29. The molecule has 0 heterocycles. The maximum atomic E-state index is 5.72. The van der Waals surface area contributed by atoms with Gasteiger partial charge in [0.05, 0.1) is 27.4 Å². The molecule has 124 valence electrons. The molecule has 0 unspecified atom stereocenters. The molecular formula is C18H23NO4. The van der Waals surface area contributed by atoms with Crippen molar-refractivity contribution in [2.24, 2.45) is 0 Å². The lowest BCUT2D eigenvalue weighted by molar-refractivity contribution is 0.252. The summed E-state index contributed by atoms with van der Waals surface area (Å²) in [4.78, 5) is 0. The molecule has 0 spiro atoms. The number of unbranched alkanes of at least 4 members (excludes halogenated alkanes) is 1. The van der Waals surface area contributed by atoms with Crippen molar-refractivity contribution in [2.75, 3.05) is 33.2 Å². The molecule has 0 aromatic heterocycles. The molecule has 0 aliphatic carbocycles. The lowest BCUT2D eigenvalue weighted by Crippen LogP contribution is -2.04. The standard InChI is InChI=1S/C18H23NO4/c1-20-15-7-3-4-8-16(15)22-11-5-6-12-23-17-10-9-14(19)13-18(17)21-2/h3-4,7-10,13H,5-6,11-12,19H2,1-2H3. The van der Waals surface area contributed by atoms with E-state index >= 15 is 0 Å². The summed E-state index contributed by atoms with van der Waals surface area (Å²) < 4.78 is 21.9. The van der Waals surface area contributed by atoms with E-state index in [0.717, 1.165) is 24.3 Å². The number of hydrogen-bond acceptors (Lipinski definition) is 5. The van der Waals surface area contributed by atoms with Crippen molar-refractivity contribution in [3.8, 4) is 23.0 Å². The van der Waals surface area contributed by atoms with E-state index in [-0.39, 0.29) is 0 Å². The quantitative estimate of drug-likeness (QED) is 0.566. The van der Waals surface area contributed by atoms with E-state index in [9.17, 15) is 0 Å². The summed E-state index contributed by atoms with van der Waals surface area (Å²) in [7, 11) is 3.23. The molecule has 23 heavy (non-hydrogen) atoms. The largest absolute Gasteiger partial charge is 0.493 e. The molecule has 2 rings (SSSR count). The maximum absolute atomic E-state index is 5.72. The van der Waals surface area contributed by atoms with Gasteiger partial charge in [-0.1, -0.05) is 12.1 Å². The number of para-hydroxylation sites is 2. The van der Waals surface area contributed by atoms with Gasteiger partial charge in [0.25, 0.3) is 0 Å². The third-order valence-electron chi connectivity index (χ3n) is 3.31. The van der Waals surface area contributed by atoms with Crippen molar-refractivity contribution < 1.29 is 18.9 Å². The predicted molar refractivity (Wildman–Crippen MR) is 90.6 cm³/mol. The summed E-state index contributed by atoms with van der Waals surface area (Å²) in [6.45, 7) is 1.21. The van der Waals surface area contributed by atoms with Crippen LogP contribution in [0.25, 0.3) is 0 Å². The predicted octanol–water partition coefficient (Wildman–Crippen LogP) is 3.52. The lowest BCUT2D eigenvalue weighted by atomic mass is 10.3. The average Bonchev–Trinajstić information content (AvgIpc) is 2.59. The first kappa shape index (κ1) is 16.8. The van der Waals surface area contributed by atoms with Crippen LogP contribution >= 0.6 is 0 Å². The topological polar surface area (TPSA) is 62.9 Å². The zero-order chi connectivity index (χ0) is 16.5. The van der Waals surface area contributed by atoms with Crippen molar-refractivity contribution in [1.29, 1.82) is 0 Å². The molecule has 0 saturated heterocycles. The summed E-state index contributed by atoms with van der Waals surface area (Å²) in [5.74, 6) is 2.86. The van der Waals surface area contributed by atoms with Gasteiger partial charge < -0.3 is 24.7 Å². The van der Waals surface area contributed by atoms with E-state index in [1.54, 1.807) is 26.4 Å². The van der Waals surface area contributed by atoms with Crippen molar-refractivity contribution in [3.05, 3.63) is 42.5 Å². The first-order valence-electron chi connectivity index (χ1n) is 7.56. The Bertz CT molecular complexity index is 616. The van der Waals surface area contributed by atoms with E-state index < -0.39 is 0 Å². The van der Waals surface area contributed by atoms with Crippen LogP contribution in [0.4, 0.5) is 5.69 Å². The lowest BCUT2D eigenvalue weighted by Gasteiger charge is -2.12. The van der Waals surface area contributed by atoms with Crippen LogP contribution in [0.3, 0.4) is 0 Å². The van der Waals surface area contributed by atoms with Crippen LogP contribution in [-0.2, 0) is 0 Å². The second-order valence-corrected chi connectivity index (χ2v) is 4.97. The average molecular weight is 317 g/mol. The van der Waals surface area contributed by atoms with Crippen LogP contribution in [0.5, 0.6) is 23.0 Å². The third kappa shape index (κ3) is 4.98. The second-order valence-electron chi connectivity index (χ2n) is 4.97. The fraction of sp³-hybridized carbons (Fsp3) is 0.333. The summed E-state index contributed by atoms with van der Waals surface area (Å²) >= 11 is 0. The molecule has 0 fully saturated rings. The van der Waals surface area contributed by atoms with E-state index in [1.807, 2.05) is 30.3 Å². The summed E-state index contributed by atoms with van der Waals surface area (Å²) in [6.07, 6.45) is 1.76. The minimum absolute atomic E-state index is 0.593. The van der Waals surface area contributed by atoms with E-state index in [2.05, 4.69) is 0 Å². The van der Waals surface area contributed by atoms with Crippen LogP contribution in [-0.4, -0.2) is 27.4 Å². The smallest absolute Gasteiger partial charge is 0.162 e. The zero-order valence-corrected chi connectivity index (χ0v) is 13.6. The first-order valence-corrected chi connectivity index (χ1v) is 7.56. The Balaban J connectivity index is 1.70. The van der Waals surface area contributed by atoms with Gasteiger partial charge in [-0.2, -0.15) is 0 Å². The molecule has 5 heteroatoms. The Morgan fingerprint density at radius 1 is 0.739 bits per heavy atom. The van der Waals surface area contributed by atoms with Gasteiger partial charge in [0.1, 0.15) is 0 Å². The first-order chi connectivity index (χ1) is 11.2. The van der Waals surface area contributed by atoms with Gasteiger partial charge in [-0.15, -0.1) is 0 Å². The van der Waals surface area contributed by atoms with Crippen LogP contribution in [0.1, 0.15) is 12.8 Å². The fourth-order valence-electron chi connectivity index (χ4n) is 2.11. The molecule has 2 N–H and O–H groups in total. The Labute approximate surface area is 136 Å². The minimum Gasteiger partial charge on any atom is -0.493 e. The third-order valence-corrected chi connectivity index (χ3v) is 3.31. The molecule has 0 atom stereocenters. The number of methoxy groups -OCH3 is 2. The highest BCUT2D eigenvalue weighted by Gasteiger charge is 2.05. The van der Waals surface area contributed by atoms with Crippen molar-refractivity contribution in [2.45, 2.75) is 12.8 Å². The van der Waals surface area contributed by atoms with Gasteiger partial charge in [-0.05, 0) is 37.1 Å². The maximum Gasteiger partial charge on any atom is 0.162 e. The van der Waals surface area contributed by atoms with Crippen molar-refractivity contribution in [1.82, 2.24) is 0 Å². The molecule has 2 aromatic carbocycles. The number of rotatable bonds is 9. The number of nitrogen functional groups attached to an aromatic ring is 1. The number of ether oxygens (including phenoxy) is 4. The van der Waals surface area contributed by atoms with Gasteiger partial charge in [0, 0.05) is 11.8 Å². The monoisotopic (exact) mass is 317 g/mol. The Morgan fingerprint density at radius 3 is 1.91 bits per heavy atom. The molecule has 2 aromatic rings. The summed E-state index contributed by atoms with van der Waals surface area (Å²) in [5.41, 5.74) is 6.37. The zero-order valence-electron chi connectivity index (χ0n) is 13.6. The Kier molecular flexibility index (Phi) is 6.41. The molecule has 0 bridgehead atoms. The van der Waals surface area contributed by atoms with Gasteiger partial charge in [-0.3, -0.25) is 0 Å². The van der Waals surface area contributed by atoms with E-state index in [4.69, 9.17) is 24.7 Å². The summed E-state index contributed by atoms with van der Waals surface area (Å²) in [5, 5.41) is 0. The van der Waals surface area contributed by atoms with Gasteiger partial charge >= 0.3 is 0 Å². The van der Waals surface area contributed by atoms with Crippen molar-refractivity contribution in [3.63, 3.8) is 0 Å². The molecule has 0 aliphatic rings. The van der Waals surface area contributed by atoms with E-state index in [0.29, 0.717) is 30.4 Å².